The molecule has 0 spiro atoms. The van der Waals surface area contributed by atoms with Crippen LogP contribution in [0.5, 0.6) is 5.75 Å². The quantitative estimate of drug-likeness (QED) is 0.677. The molecule has 158 valence electrons. The normalized spacial score (nSPS) is 17.6. The van der Waals surface area contributed by atoms with Gasteiger partial charge < -0.3 is 15.0 Å². The van der Waals surface area contributed by atoms with E-state index >= 15 is 0 Å². The Morgan fingerprint density at radius 2 is 1.97 bits per heavy atom. The number of fused-ring (bicyclic) bond motifs is 2. The molecule has 0 aromatic heterocycles. The first kappa shape index (κ1) is 20.3. The number of aryl methyl sites for hydroxylation is 1. The molecule has 0 saturated carbocycles. The number of nitrogens with one attached hydrogen (secondary N) is 1. The van der Waals surface area contributed by atoms with Gasteiger partial charge in [0.05, 0.1) is 12.2 Å². The Labute approximate surface area is 173 Å². The van der Waals surface area contributed by atoms with Gasteiger partial charge in [-0.2, -0.15) is 13.2 Å². The van der Waals surface area contributed by atoms with Gasteiger partial charge in [0.25, 0.3) is 0 Å². The molecule has 0 bridgehead atoms. The number of ether oxygens (including phenoxy) is 1. The molecule has 0 radical (unpaired) electrons. The average Bonchev–Trinajstić information content (AvgIpc) is 2.90. The summed E-state index contributed by atoms with van der Waals surface area (Å²) in [6, 6.07) is 9.29. The van der Waals surface area contributed by atoms with Crippen molar-refractivity contribution in [1.29, 1.82) is 0 Å². The van der Waals surface area contributed by atoms with Crippen molar-refractivity contribution in [2.75, 3.05) is 30.4 Å². The van der Waals surface area contributed by atoms with Crippen LogP contribution in [0.3, 0.4) is 0 Å². The Balaban J connectivity index is 1.58. The van der Waals surface area contributed by atoms with E-state index in [0.717, 1.165) is 37.2 Å². The molecule has 2 aliphatic rings. The first-order valence-electron chi connectivity index (χ1n) is 10.0. The number of nitrogens with zero attached hydrogens (tertiary/aromatic N) is 1. The van der Waals surface area contributed by atoms with Gasteiger partial charge >= 0.3 is 6.18 Å². The van der Waals surface area contributed by atoms with E-state index in [1.54, 1.807) is 0 Å². The minimum absolute atomic E-state index is 0.164. The number of benzene rings is 2. The van der Waals surface area contributed by atoms with E-state index in [0.29, 0.717) is 36.3 Å². The van der Waals surface area contributed by atoms with Crippen molar-refractivity contribution in [2.45, 2.75) is 31.9 Å². The predicted molar refractivity (Wildman–Crippen MR) is 111 cm³/mol. The number of hydrogen-bond acceptors (Lipinski definition) is 3. The molecule has 1 amide bonds. The number of halogens is 3. The first-order chi connectivity index (χ1) is 14.3. The highest BCUT2D eigenvalue weighted by Crippen LogP contribution is 2.38. The minimum atomic E-state index is -4.44. The Kier molecular flexibility index (Phi) is 5.45. The summed E-state index contributed by atoms with van der Waals surface area (Å²) in [5.74, 6) is -0.145. The summed E-state index contributed by atoms with van der Waals surface area (Å²) in [5.41, 5.74) is 3.51. The number of anilines is 2. The van der Waals surface area contributed by atoms with Crippen LogP contribution in [0.25, 0.3) is 5.57 Å². The standard InChI is InChI=1S/C23H23F3N2O2/c1-28-10-2-4-15-6-8-18(14-20(15)28)27-22(29)12-16-5-3-11-30-21-13-17(23(24,25)26)7-9-19(16)21/h6-9,12-14H,2-5,10-11H2,1H3,(H,27,29)/b16-12+. The number of carbonyl (C=O) groups is 1. The van der Waals surface area contributed by atoms with E-state index in [2.05, 4.69) is 10.2 Å². The summed E-state index contributed by atoms with van der Waals surface area (Å²) in [6.07, 6.45) is 0.334. The largest absolute Gasteiger partial charge is 0.493 e. The number of allylic oxidation sites excluding steroid dienone is 1. The van der Waals surface area contributed by atoms with E-state index < -0.39 is 11.7 Å². The lowest BCUT2D eigenvalue weighted by Crippen LogP contribution is -2.24. The zero-order chi connectivity index (χ0) is 21.3. The van der Waals surface area contributed by atoms with Crippen LogP contribution in [0.2, 0.25) is 0 Å². The van der Waals surface area contributed by atoms with Crippen molar-refractivity contribution in [2.24, 2.45) is 0 Å². The second-order valence-electron chi connectivity index (χ2n) is 7.69. The molecule has 2 heterocycles. The van der Waals surface area contributed by atoms with E-state index in [1.807, 2.05) is 25.2 Å². The Hall–Kier alpha value is -2.96. The second kappa shape index (κ2) is 8.05. The maximum atomic E-state index is 13.0. The monoisotopic (exact) mass is 416 g/mol. The molecule has 4 nitrogen and oxygen atoms in total. The van der Waals surface area contributed by atoms with Gasteiger partial charge in [0.15, 0.2) is 0 Å². The Bertz CT molecular complexity index is 998. The van der Waals surface area contributed by atoms with E-state index in [9.17, 15) is 18.0 Å². The SMILES string of the molecule is CN1CCCc2ccc(NC(=O)/C=C3\CCCOc4cc(C(F)(F)F)ccc43)cc21. The number of alkyl halides is 3. The highest BCUT2D eigenvalue weighted by atomic mass is 19.4. The third kappa shape index (κ3) is 4.30. The van der Waals surface area contributed by atoms with Gasteiger partial charge in [-0.3, -0.25) is 4.79 Å². The maximum Gasteiger partial charge on any atom is 0.416 e. The van der Waals surface area contributed by atoms with Crippen molar-refractivity contribution in [3.63, 3.8) is 0 Å². The molecule has 30 heavy (non-hydrogen) atoms. The third-order valence-corrected chi connectivity index (χ3v) is 5.51. The smallest absolute Gasteiger partial charge is 0.416 e. The van der Waals surface area contributed by atoms with Gasteiger partial charge in [-0.1, -0.05) is 12.1 Å². The lowest BCUT2D eigenvalue weighted by Gasteiger charge is -2.28. The molecule has 2 aromatic carbocycles. The van der Waals surface area contributed by atoms with Gasteiger partial charge in [0.2, 0.25) is 5.91 Å². The zero-order valence-corrected chi connectivity index (χ0v) is 16.7. The Morgan fingerprint density at radius 1 is 1.13 bits per heavy atom. The van der Waals surface area contributed by atoms with Crippen LogP contribution < -0.4 is 15.0 Å². The molecule has 0 aliphatic carbocycles. The topological polar surface area (TPSA) is 41.6 Å². The average molecular weight is 416 g/mol. The van der Waals surface area contributed by atoms with E-state index in [1.165, 1.54) is 17.7 Å². The van der Waals surface area contributed by atoms with E-state index in [4.69, 9.17) is 4.74 Å². The molecule has 0 fully saturated rings. The molecule has 2 aliphatic heterocycles. The molecule has 0 unspecified atom stereocenters. The van der Waals surface area contributed by atoms with Gasteiger partial charge in [-0.15, -0.1) is 0 Å². The summed E-state index contributed by atoms with van der Waals surface area (Å²) in [6.45, 7) is 1.29. The van der Waals surface area contributed by atoms with Gasteiger partial charge in [-0.05, 0) is 61.1 Å². The molecule has 4 rings (SSSR count). The summed E-state index contributed by atoms with van der Waals surface area (Å²) in [5, 5.41) is 2.88. The van der Waals surface area contributed by atoms with Crippen LogP contribution >= 0.6 is 0 Å². The number of rotatable bonds is 2. The fraction of sp³-hybridized carbons (Fsp3) is 0.348. The summed E-state index contributed by atoms with van der Waals surface area (Å²) in [4.78, 5) is 14.8. The van der Waals surface area contributed by atoms with Gasteiger partial charge in [-0.25, -0.2) is 0 Å². The van der Waals surface area contributed by atoms with Crippen molar-refractivity contribution in [3.05, 3.63) is 59.2 Å². The van der Waals surface area contributed by atoms with Crippen LogP contribution in [0.15, 0.2) is 42.5 Å². The van der Waals surface area contributed by atoms with Crippen molar-refractivity contribution >= 4 is 22.9 Å². The summed E-state index contributed by atoms with van der Waals surface area (Å²) < 4.78 is 44.6. The molecule has 1 N–H and O–H groups in total. The summed E-state index contributed by atoms with van der Waals surface area (Å²) in [7, 11) is 2.03. The third-order valence-electron chi connectivity index (χ3n) is 5.51. The number of amides is 1. The zero-order valence-electron chi connectivity index (χ0n) is 16.7. The molecular formula is C23H23F3N2O2. The molecular weight excluding hydrogens is 393 g/mol. The fourth-order valence-corrected chi connectivity index (χ4v) is 3.98. The van der Waals surface area contributed by atoms with Crippen LogP contribution in [0.4, 0.5) is 24.5 Å². The molecule has 0 saturated heterocycles. The number of carbonyl (C=O) groups excluding carboxylic acids is 1. The second-order valence-corrected chi connectivity index (χ2v) is 7.69. The Morgan fingerprint density at radius 3 is 2.77 bits per heavy atom. The number of hydrogen-bond donors (Lipinski definition) is 1. The molecule has 7 heteroatoms. The van der Waals surface area contributed by atoms with Crippen LogP contribution in [0, 0.1) is 0 Å². The molecule has 0 atom stereocenters. The highest BCUT2D eigenvalue weighted by Gasteiger charge is 2.32. The van der Waals surface area contributed by atoms with Gasteiger partial charge in [0.1, 0.15) is 5.75 Å². The van der Waals surface area contributed by atoms with Crippen LogP contribution in [0.1, 0.15) is 36.0 Å². The lowest BCUT2D eigenvalue weighted by atomic mass is 9.99. The maximum absolute atomic E-state index is 13.0. The van der Waals surface area contributed by atoms with Crippen LogP contribution in [-0.4, -0.2) is 26.1 Å². The van der Waals surface area contributed by atoms with E-state index in [-0.39, 0.29) is 11.7 Å². The molecule has 2 aromatic rings. The predicted octanol–water partition coefficient (Wildman–Crippen LogP) is 5.28. The lowest BCUT2D eigenvalue weighted by molar-refractivity contribution is -0.137. The first-order valence-corrected chi connectivity index (χ1v) is 10.0. The highest BCUT2D eigenvalue weighted by molar-refractivity contribution is 6.04. The van der Waals surface area contributed by atoms with Crippen molar-refractivity contribution < 1.29 is 22.7 Å². The summed E-state index contributed by atoms with van der Waals surface area (Å²) >= 11 is 0. The van der Waals surface area contributed by atoms with Crippen LogP contribution in [-0.2, 0) is 17.4 Å². The fourth-order valence-electron chi connectivity index (χ4n) is 3.98. The minimum Gasteiger partial charge on any atom is -0.493 e. The van der Waals surface area contributed by atoms with Crippen molar-refractivity contribution in [1.82, 2.24) is 0 Å². The van der Waals surface area contributed by atoms with Crippen molar-refractivity contribution in [3.8, 4) is 5.75 Å². The van der Waals surface area contributed by atoms with Gasteiger partial charge in [0, 0.05) is 36.6 Å².